The number of hydrogen-bond acceptors (Lipinski definition) is 4. The molecule has 3 heterocycles. The van der Waals surface area contributed by atoms with Gasteiger partial charge in [-0.25, -0.2) is 0 Å². The molecule has 0 aromatic carbocycles. The maximum Gasteiger partial charge on any atom is 0.253 e. The molecule has 0 spiro atoms. The highest BCUT2D eigenvalue weighted by atomic mass is 16.2. The molecule has 1 saturated heterocycles. The third-order valence-electron chi connectivity index (χ3n) is 5.58. The first-order valence-electron chi connectivity index (χ1n) is 9.33. The number of anilines is 1. The van der Waals surface area contributed by atoms with Gasteiger partial charge in [0, 0.05) is 50.7 Å². The Morgan fingerprint density at radius 1 is 1.19 bits per heavy atom. The van der Waals surface area contributed by atoms with Crippen molar-refractivity contribution < 1.29 is 9.59 Å². The van der Waals surface area contributed by atoms with Gasteiger partial charge >= 0.3 is 0 Å². The minimum absolute atomic E-state index is 0.0598. The summed E-state index contributed by atoms with van der Waals surface area (Å²) in [5, 5.41) is 11.5. The molecule has 1 aliphatic carbocycles. The Morgan fingerprint density at radius 3 is 2.52 bits per heavy atom. The molecular formula is C19H24N6O2. The molecule has 1 fully saturated rings. The van der Waals surface area contributed by atoms with E-state index in [1.165, 1.54) is 0 Å². The van der Waals surface area contributed by atoms with Crippen molar-refractivity contribution >= 4 is 17.6 Å². The summed E-state index contributed by atoms with van der Waals surface area (Å²) in [7, 11) is 1.81. The van der Waals surface area contributed by atoms with E-state index in [4.69, 9.17) is 0 Å². The van der Waals surface area contributed by atoms with E-state index in [2.05, 4.69) is 27.7 Å². The van der Waals surface area contributed by atoms with E-state index in [-0.39, 0.29) is 17.7 Å². The monoisotopic (exact) mass is 368 g/mol. The zero-order valence-corrected chi connectivity index (χ0v) is 15.4. The lowest BCUT2D eigenvalue weighted by Crippen LogP contribution is -2.55. The normalized spacial score (nSPS) is 19.4. The average molecular weight is 368 g/mol. The number of aryl methyl sites for hydroxylation is 1. The SMILES string of the molecule is Cn1ccc(NC(=O)C2(n3cccn3)CCN(C(=O)C3CC=CC3)CC2)n1. The summed E-state index contributed by atoms with van der Waals surface area (Å²) in [6.45, 7) is 1.09. The van der Waals surface area contributed by atoms with Crippen LogP contribution < -0.4 is 5.32 Å². The Labute approximate surface area is 157 Å². The van der Waals surface area contributed by atoms with Crippen LogP contribution in [0.5, 0.6) is 0 Å². The molecule has 27 heavy (non-hydrogen) atoms. The smallest absolute Gasteiger partial charge is 0.253 e. The molecule has 1 N–H and O–H groups in total. The van der Waals surface area contributed by atoms with Crippen LogP contribution in [0.1, 0.15) is 25.7 Å². The van der Waals surface area contributed by atoms with E-state index in [1.807, 2.05) is 17.2 Å². The standard InChI is InChI=1S/C19H24N6O2/c1-23-12-7-16(22-23)21-18(27)19(25-11-4-10-20-25)8-13-24(14-9-19)17(26)15-5-2-3-6-15/h2-4,7,10-12,15H,5-6,8-9,13-14H2,1H3,(H,21,22,27). The maximum absolute atomic E-state index is 13.2. The molecule has 4 rings (SSSR count). The summed E-state index contributed by atoms with van der Waals surface area (Å²) >= 11 is 0. The highest BCUT2D eigenvalue weighted by Gasteiger charge is 2.45. The van der Waals surface area contributed by atoms with Crippen molar-refractivity contribution in [1.82, 2.24) is 24.5 Å². The van der Waals surface area contributed by atoms with E-state index in [0.29, 0.717) is 31.7 Å². The topological polar surface area (TPSA) is 85.0 Å². The van der Waals surface area contributed by atoms with Crippen molar-refractivity contribution in [3.05, 3.63) is 42.9 Å². The van der Waals surface area contributed by atoms with Crippen LogP contribution in [0.25, 0.3) is 0 Å². The van der Waals surface area contributed by atoms with Crippen molar-refractivity contribution in [2.24, 2.45) is 13.0 Å². The van der Waals surface area contributed by atoms with Crippen LogP contribution in [0.4, 0.5) is 5.82 Å². The van der Waals surface area contributed by atoms with Gasteiger partial charge in [0.25, 0.3) is 5.91 Å². The van der Waals surface area contributed by atoms with Crippen LogP contribution in [0.3, 0.4) is 0 Å². The number of carbonyl (C=O) groups excluding carboxylic acids is 2. The number of nitrogens with one attached hydrogen (secondary N) is 1. The summed E-state index contributed by atoms with van der Waals surface area (Å²) in [6.07, 6.45) is 12.1. The van der Waals surface area contributed by atoms with Gasteiger partial charge in [-0.1, -0.05) is 12.2 Å². The molecule has 142 valence electrons. The molecule has 8 heteroatoms. The third kappa shape index (κ3) is 3.27. The zero-order valence-electron chi connectivity index (χ0n) is 15.4. The zero-order chi connectivity index (χ0) is 18.9. The van der Waals surface area contributed by atoms with Gasteiger partial charge in [-0.05, 0) is 31.7 Å². The second kappa shape index (κ2) is 7.02. The number of amides is 2. The summed E-state index contributed by atoms with van der Waals surface area (Å²) in [5.41, 5.74) is -0.814. The number of allylic oxidation sites excluding steroid dienone is 2. The highest BCUT2D eigenvalue weighted by molar-refractivity contribution is 5.96. The molecule has 2 aromatic rings. The maximum atomic E-state index is 13.2. The molecular weight excluding hydrogens is 344 g/mol. The quantitative estimate of drug-likeness (QED) is 0.830. The first-order valence-corrected chi connectivity index (χ1v) is 9.33. The molecule has 0 saturated carbocycles. The minimum Gasteiger partial charge on any atom is -0.342 e. The van der Waals surface area contributed by atoms with Gasteiger partial charge in [-0.15, -0.1) is 0 Å². The largest absolute Gasteiger partial charge is 0.342 e. The van der Waals surface area contributed by atoms with Crippen LogP contribution in [0.15, 0.2) is 42.9 Å². The van der Waals surface area contributed by atoms with Gasteiger partial charge < -0.3 is 10.2 Å². The van der Waals surface area contributed by atoms with Gasteiger partial charge in [0.1, 0.15) is 5.54 Å². The summed E-state index contributed by atoms with van der Waals surface area (Å²) in [4.78, 5) is 27.8. The van der Waals surface area contributed by atoms with Crippen LogP contribution in [-0.2, 0) is 22.2 Å². The van der Waals surface area contributed by atoms with E-state index in [1.54, 1.807) is 34.9 Å². The van der Waals surface area contributed by atoms with Crippen molar-refractivity contribution in [2.45, 2.75) is 31.2 Å². The fourth-order valence-electron chi connectivity index (χ4n) is 3.97. The van der Waals surface area contributed by atoms with Crippen molar-refractivity contribution in [3.63, 3.8) is 0 Å². The molecule has 0 atom stereocenters. The Bertz CT molecular complexity index is 837. The van der Waals surface area contributed by atoms with Crippen molar-refractivity contribution in [2.75, 3.05) is 18.4 Å². The Hall–Kier alpha value is -2.90. The molecule has 2 aliphatic rings. The molecule has 1 aliphatic heterocycles. The van der Waals surface area contributed by atoms with E-state index in [0.717, 1.165) is 12.8 Å². The average Bonchev–Trinajstić information content (AvgIpc) is 3.44. The molecule has 2 aromatic heterocycles. The van der Waals surface area contributed by atoms with Gasteiger partial charge in [-0.2, -0.15) is 10.2 Å². The number of nitrogens with zero attached hydrogens (tertiary/aromatic N) is 5. The first-order chi connectivity index (χ1) is 13.1. The van der Waals surface area contributed by atoms with E-state index < -0.39 is 5.54 Å². The Kier molecular flexibility index (Phi) is 4.55. The van der Waals surface area contributed by atoms with Crippen LogP contribution >= 0.6 is 0 Å². The number of carbonyl (C=O) groups is 2. The van der Waals surface area contributed by atoms with E-state index >= 15 is 0 Å². The molecule has 8 nitrogen and oxygen atoms in total. The summed E-state index contributed by atoms with van der Waals surface area (Å²) in [5.74, 6) is 0.632. The molecule has 2 amide bonds. The van der Waals surface area contributed by atoms with Crippen LogP contribution in [-0.4, -0.2) is 49.4 Å². The number of piperidine rings is 1. The number of hydrogen-bond donors (Lipinski definition) is 1. The van der Waals surface area contributed by atoms with Gasteiger partial charge in [0.2, 0.25) is 5.91 Å². The fraction of sp³-hybridized carbons (Fsp3) is 0.474. The van der Waals surface area contributed by atoms with Gasteiger partial charge in [0.05, 0.1) is 0 Å². The predicted molar refractivity (Wildman–Crippen MR) is 99.7 cm³/mol. The minimum atomic E-state index is -0.814. The lowest BCUT2D eigenvalue weighted by Gasteiger charge is -2.41. The molecule has 0 unspecified atom stereocenters. The van der Waals surface area contributed by atoms with Gasteiger partial charge in [0.15, 0.2) is 5.82 Å². The fourth-order valence-corrected chi connectivity index (χ4v) is 3.97. The summed E-state index contributed by atoms with van der Waals surface area (Å²) < 4.78 is 3.37. The highest BCUT2D eigenvalue weighted by Crippen LogP contribution is 2.33. The van der Waals surface area contributed by atoms with E-state index in [9.17, 15) is 9.59 Å². The van der Waals surface area contributed by atoms with Gasteiger partial charge in [-0.3, -0.25) is 19.0 Å². The van der Waals surface area contributed by atoms with Crippen LogP contribution in [0.2, 0.25) is 0 Å². The molecule has 0 bridgehead atoms. The first kappa shape index (κ1) is 17.5. The molecule has 0 radical (unpaired) electrons. The second-order valence-corrected chi connectivity index (χ2v) is 7.28. The third-order valence-corrected chi connectivity index (χ3v) is 5.58. The Balaban J connectivity index is 1.51. The lowest BCUT2D eigenvalue weighted by atomic mass is 9.85. The lowest BCUT2D eigenvalue weighted by molar-refractivity contribution is -0.140. The summed E-state index contributed by atoms with van der Waals surface area (Å²) in [6, 6.07) is 3.58. The number of likely N-dealkylation sites (tertiary alicyclic amines) is 1. The van der Waals surface area contributed by atoms with Crippen LogP contribution in [0, 0.1) is 5.92 Å². The predicted octanol–water partition coefficient (Wildman–Crippen LogP) is 1.54. The number of aromatic nitrogens is 4. The van der Waals surface area contributed by atoms with Crippen molar-refractivity contribution in [1.29, 1.82) is 0 Å². The number of rotatable bonds is 4. The van der Waals surface area contributed by atoms with Crippen molar-refractivity contribution in [3.8, 4) is 0 Å². The Morgan fingerprint density at radius 2 is 1.93 bits per heavy atom. The second-order valence-electron chi connectivity index (χ2n) is 7.28.